The van der Waals surface area contributed by atoms with E-state index in [1.807, 2.05) is 0 Å². The SMILES string of the molecule is CN1C2CC[C@@H]1CC(OC(O)C(CO)C1CCCCC1)C2. The zero-order valence-corrected chi connectivity index (χ0v) is 13.3. The van der Waals surface area contributed by atoms with Gasteiger partial charge in [0.2, 0.25) is 0 Å². The molecule has 2 heterocycles. The Balaban J connectivity index is 1.53. The van der Waals surface area contributed by atoms with Gasteiger partial charge in [-0.3, -0.25) is 0 Å². The maximum absolute atomic E-state index is 10.5. The number of hydrogen-bond donors (Lipinski definition) is 2. The highest BCUT2D eigenvalue weighted by atomic mass is 16.6. The standard InChI is InChI=1S/C17H31NO3/c1-18-13-7-8-14(18)10-15(9-13)21-17(20)16(11-19)12-5-3-2-4-6-12/h12-17,19-20H,2-11H2,1H3/t13-,14?,15?,16?,17?/m1/s1. The van der Waals surface area contributed by atoms with Gasteiger partial charge < -0.3 is 19.8 Å². The molecule has 1 saturated carbocycles. The molecule has 3 fully saturated rings. The van der Waals surface area contributed by atoms with Crippen molar-refractivity contribution in [1.29, 1.82) is 0 Å². The molecule has 3 aliphatic rings. The minimum atomic E-state index is -0.786. The largest absolute Gasteiger partial charge is 0.396 e. The maximum atomic E-state index is 10.5. The number of rotatable bonds is 5. The molecule has 2 N–H and O–H groups in total. The van der Waals surface area contributed by atoms with Crippen LogP contribution in [0.1, 0.15) is 57.8 Å². The number of piperidine rings is 1. The van der Waals surface area contributed by atoms with Crippen molar-refractivity contribution in [2.24, 2.45) is 11.8 Å². The zero-order valence-electron chi connectivity index (χ0n) is 13.3. The van der Waals surface area contributed by atoms with E-state index in [9.17, 15) is 10.2 Å². The summed E-state index contributed by atoms with van der Waals surface area (Å²) in [6.07, 6.45) is 10.0. The third-order valence-corrected chi connectivity index (χ3v) is 6.22. The molecule has 0 amide bonds. The van der Waals surface area contributed by atoms with Gasteiger partial charge in [-0.15, -0.1) is 0 Å². The van der Waals surface area contributed by atoms with E-state index in [4.69, 9.17) is 4.74 Å². The van der Waals surface area contributed by atoms with E-state index >= 15 is 0 Å². The topological polar surface area (TPSA) is 52.9 Å². The molecule has 4 unspecified atom stereocenters. The molecule has 0 aromatic carbocycles. The Bertz CT molecular complexity index is 318. The van der Waals surface area contributed by atoms with Gasteiger partial charge in [-0.2, -0.15) is 0 Å². The first-order valence-electron chi connectivity index (χ1n) is 8.85. The number of aliphatic hydroxyl groups excluding tert-OH is 2. The summed E-state index contributed by atoms with van der Waals surface area (Å²) in [6, 6.07) is 1.26. The van der Waals surface area contributed by atoms with Gasteiger partial charge in [-0.05, 0) is 51.5 Å². The summed E-state index contributed by atoms with van der Waals surface area (Å²) in [5.74, 6) is 0.337. The van der Waals surface area contributed by atoms with E-state index in [0.717, 1.165) is 25.7 Å². The maximum Gasteiger partial charge on any atom is 0.160 e. The number of hydrogen-bond acceptors (Lipinski definition) is 4. The highest BCUT2D eigenvalue weighted by Gasteiger charge is 2.40. The number of aliphatic hydroxyl groups is 2. The van der Waals surface area contributed by atoms with Crippen LogP contribution >= 0.6 is 0 Å². The van der Waals surface area contributed by atoms with Crippen LogP contribution in [0.2, 0.25) is 0 Å². The van der Waals surface area contributed by atoms with Gasteiger partial charge in [-0.1, -0.05) is 19.3 Å². The summed E-state index contributed by atoms with van der Waals surface area (Å²) >= 11 is 0. The fraction of sp³-hybridized carbons (Fsp3) is 1.00. The minimum Gasteiger partial charge on any atom is -0.396 e. The molecule has 0 radical (unpaired) electrons. The molecule has 5 atom stereocenters. The van der Waals surface area contributed by atoms with Crippen molar-refractivity contribution in [3.8, 4) is 0 Å². The van der Waals surface area contributed by atoms with Gasteiger partial charge in [-0.25, -0.2) is 0 Å². The van der Waals surface area contributed by atoms with Crippen molar-refractivity contribution in [2.75, 3.05) is 13.7 Å². The fourth-order valence-electron chi connectivity index (χ4n) is 4.81. The molecule has 0 aromatic heterocycles. The Labute approximate surface area is 128 Å². The van der Waals surface area contributed by atoms with Crippen LogP contribution in [0, 0.1) is 11.8 Å². The average Bonchev–Trinajstić information content (AvgIpc) is 2.72. The molecule has 1 aliphatic carbocycles. The van der Waals surface area contributed by atoms with Crippen LogP contribution in [0.15, 0.2) is 0 Å². The smallest absolute Gasteiger partial charge is 0.160 e. The van der Waals surface area contributed by atoms with E-state index in [-0.39, 0.29) is 18.6 Å². The lowest BCUT2D eigenvalue weighted by atomic mass is 9.80. The fourth-order valence-corrected chi connectivity index (χ4v) is 4.81. The van der Waals surface area contributed by atoms with Gasteiger partial charge >= 0.3 is 0 Å². The van der Waals surface area contributed by atoms with E-state index in [1.54, 1.807) is 0 Å². The Hall–Kier alpha value is -0.160. The monoisotopic (exact) mass is 297 g/mol. The Morgan fingerprint density at radius 3 is 2.24 bits per heavy atom. The highest BCUT2D eigenvalue weighted by Crippen LogP contribution is 2.37. The molecular formula is C17H31NO3. The quantitative estimate of drug-likeness (QED) is 0.763. The van der Waals surface area contributed by atoms with Crippen LogP contribution in [0.25, 0.3) is 0 Å². The van der Waals surface area contributed by atoms with Gasteiger partial charge in [0.25, 0.3) is 0 Å². The molecule has 122 valence electrons. The average molecular weight is 297 g/mol. The number of fused-ring (bicyclic) bond motifs is 2. The second-order valence-electron chi connectivity index (χ2n) is 7.42. The first kappa shape index (κ1) is 15.7. The molecule has 2 aliphatic heterocycles. The second kappa shape index (κ2) is 6.95. The second-order valence-corrected chi connectivity index (χ2v) is 7.42. The molecule has 2 saturated heterocycles. The van der Waals surface area contributed by atoms with E-state index in [1.165, 1.54) is 32.1 Å². The number of nitrogens with zero attached hydrogens (tertiary/aromatic N) is 1. The molecule has 3 rings (SSSR count). The first-order chi connectivity index (χ1) is 10.2. The molecule has 0 aromatic rings. The van der Waals surface area contributed by atoms with Crippen molar-refractivity contribution in [1.82, 2.24) is 4.90 Å². The van der Waals surface area contributed by atoms with E-state index < -0.39 is 6.29 Å². The minimum absolute atomic E-state index is 0.0469. The zero-order chi connectivity index (χ0) is 14.8. The van der Waals surface area contributed by atoms with Gasteiger partial charge in [0.15, 0.2) is 6.29 Å². The lowest BCUT2D eigenvalue weighted by molar-refractivity contribution is -0.197. The van der Waals surface area contributed by atoms with Crippen molar-refractivity contribution in [3.05, 3.63) is 0 Å². The van der Waals surface area contributed by atoms with Crippen molar-refractivity contribution in [3.63, 3.8) is 0 Å². The Morgan fingerprint density at radius 2 is 1.67 bits per heavy atom. The molecular weight excluding hydrogens is 266 g/mol. The summed E-state index contributed by atoms with van der Waals surface area (Å²) < 4.78 is 6.00. The Kier molecular flexibility index (Phi) is 5.20. The van der Waals surface area contributed by atoms with Crippen molar-refractivity contribution >= 4 is 0 Å². The molecule has 0 spiro atoms. The third kappa shape index (κ3) is 3.44. The highest BCUT2D eigenvalue weighted by molar-refractivity contribution is 4.94. The van der Waals surface area contributed by atoms with Gasteiger partial charge in [0.05, 0.1) is 12.7 Å². The Morgan fingerprint density at radius 1 is 1.05 bits per heavy atom. The molecule has 21 heavy (non-hydrogen) atoms. The molecule has 4 nitrogen and oxygen atoms in total. The van der Waals surface area contributed by atoms with Crippen LogP contribution in [0.5, 0.6) is 0 Å². The van der Waals surface area contributed by atoms with Crippen LogP contribution in [-0.4, -0.2) is 53.2 Å². The summed E-state index contributed by atoms with van der Waals surface area (Å²) in [6.45, 7) is 0.0469. The van der Waals surface area contributed by atoms with Crippen LogP contribution in [0.4, 0.5) is 0 Å². The van der Waals surface area contributed by atoms with Crippen LogP contribution in [-0.2, 0) is 4.74 Å². The number of ether oxygens (including phenoxy) is 1. The predicted octanol–water partition coefficient (Wildman–Crippen LogP) is 2.14. The normalized spacial score (nSPS) is 37.6. The summed E-state index contributed by atoms with van der Waals surface area (Å²) in [5.41, 5.74) is 0. The summed E-state index contributed by atoms with van der Waals surface area (Å²) in [5, 5.41) is 20.2. The molecule has 4 heteroatoms. The van der Waals surface area contributed by atoms with E-state index in [2.05, 4.69) is 11.9 Å². The lowest BCUT2D eigenvalue weighted by Crippen LogP contribution is -2.45. The summed E-state index contributed by atoms with van der Waals surface area (Å²) in [7, 11) is 2.22. The van der Waals surface area contributed by atoms with Crippen molar-refractivity contribution in [2.45, 2.75) is 82.3 Å². The van der Waals surface area contributed by atoms with Crippen molar-refractivity contribution < 1.29 is 14.9 Å². The summed E-state index contributed by atoms with van der Waals surface area (Å²) in [4.78, 5) is 2.48. The first-order valence-corrected chi connectivity index (χ1v) is 8.85. The third-order valence-electron chi connectivity index (χ3n) is 6.22. The van der Waals surface area contributed by atoms with E-state index in [0.29, 0.717) is 18.0 Å². The van der Waals surface area contributed by atoms with Gasteiger partial charge in [0.1, 0.15) is 0 Å². The van der Waals surface area contributed by atoms with Gasteiger partial charge in [0, 0.05) is 18.0 Å². The lowest BCUT2D eigenvalue weighted by Gasteiger charge is -2.39. The van der Waals surface area contributed by atoms with Crippen LogP contribution < -0.4 is 0 Å². The predicted molar refractivity (Wildman–Crippen MR) is 81.8 cm³/mol. The van der Waals surface area contributed by atoms with Crippen LogP contribution in [0.3, 0.4) is 0 Å². The molecule has 2 bridgehead atoms.